The highest BCUT2D eigenvalue weighted by molar-refractivity contribution is 7.15. The summed E-state index contributed by atoms with van der Waals surface area (Å²) >= 11 is 1.45. The first kappa shape index (κ1) is 14.1. The summed E-state index contributed by atoms with van der Waals surface area (Å²) in [5, 5.41) is 8.53. The average molecular weight is 288 g/mol. The van der Waals surface area contributed by atoms with Crippen molar-refractivity contribution in [1.29, 1.82) is 0 Å². The zero-order chi connectivity index (χ0) is 14.7. The summed E-state index contributed by atoms with van der Waals surface area (Å²) in [5.41, 5.74) is 1.41. The molecule has 2 rings (SSSR count). The van der Waals surface area contributed by atoms with Gasteiger partial charge in [0.25, 0.3) is 0 Å². The van der Waals surface area contributed by atoms with Gasteiger partial charge in [-0.1, -0.05) is 30.3 Å². The molecule has 0 radical (unpaired) electrons. The van der Waals surface area contributed by atoms with Crippen molar-refractivity contribution in [1.82, 2.24) is 0 Å². The maximum Gasteiger partial charge on any atom is 0.372 e. The number of rotatable bonds is 5. The lowest BCUT2D eigenvalue weighted by Crippen LogP contribution is -2.17. The fraction of sp³-hybridized carbons (Fsp3) is 0.133. The van der Waals surface area contributed by atoms with E-state index in [-0.39, 0.29) is 0 Å². The first-order valence-electron chi connectivity index (χ1n) is 5.94. The van der Waals surface area contributed by atoms with Crippen LogP contribution in [0.15, 0.2) is 36.4 Å². The molecular weight excluding hydrogens is 276 g/mol. The van der Waals surface area contributed by atoms with Gasteiger partial charge in [0.1, 0.15) is 0 Å². The molecule has 2 aromatic rings. The van der Waals surface area contributed by atoms with Gasteiger partial charge in [-0.3, -0.25) is 9.59 Å². The van der Waals surface area contributed by atoms with Crippen LogP contribution in [0.25, 0.3) is 10.4 Å². The molecule has 0 saturated heterocycles. The van der Waals surface area contributed by atoms with Crippen molar-refractivity contribution >= 4 is 28.9 Å². The molecule has 0 aliphatic carbocycles. The van der Waals surface area contributed by atoms with E-state index < -0.39 is 24.0 Å². The second kappa shape index (κ2) is 5.79. The fourth-order valence-electron chi connectivity index (χ4n) is 1.82. The summed E-state index contributed by atoms with van der Waals surface area (Å²) in [6, 6.07) is 11.3. The molecular formula is C15H12O4S. The van der Waals surface area contributed by atoms with Crippen molar-refractivity contribution in [3.05, 3.63) is 46.8 Å². The zero-order valence-electron chi connectivity index (χ0n) is 10.8. The van der Waals surface area contributed by atoms with Crippen LogP contribution in [0.2, 0.25) is 0 Å². The van der Waals surface area contributed by atoms with E-state index in [1.54, 1.807) is 13.0 Å². The third-order valence-electron chi connectivity index (χ3n) is 2.84. The van der Waals surface area contributed by atoms with Gasteiger partial charge in [0, 0.05) is 15.3 Å². The molecule has 0 aliphatic rings. The van der Waals surface area contributed by atoms with E-state index in [4.69, 9.17) is 5.11 Å². The molecule has 20 heavy (non-hydrogen) atoms. The average Bonchev–Trinajstić information content (AvgIpc) is 2.81. The highest BCUT2D eigenvalue weighted by Crippen LogP contribution is 2.31. The molecule has 1 N–H and O–H groups in total. The second-order valence-corrected chi connectivity index (χ2v) is 5.53. The number of hydrogen-bond acceptors (Lipinski definition) is 4. The van der Waals surface area contributed by atoms with Crippen LogP contribution in [0.4, 0.5) is 0 Å². The largest absolute Gasteiger partial charge is 0.475 e. The van der Waals surface area contributed by atoms with E-state index in [0.29, 0.717) is 5.56 Å². The molecule has 4 nitrogen and oxygen atoms in total. The maximum atomic E-state index is 11.9. The molecule has 5 heteroatoms. The van der Waals surface area contributed by atoms with Crippen molar-refractivity contribution in [2.24, 2.45) is 0 Å². The van der Waals surface area contributed by atoms with Gasteiger partial charge in [-0.2, -0.15) is 0 Å². The number of thiophene rings is 1. The number of carboxylic acid groups (broad SMARTS) is 1. The second-order valence-electron chi connectivity index (χ2n) is 4.27. The maximum absolute atomic E-state index is 11.9. The number of hydrogen-bond donors (Lipinski definition) is 1. The summed E-state index contributed by atoms with van der Waals surface area (Å²) in [7, 11) is 0. The Labute approximate surface area is 119 Å². The van der Waals surface area contributed by atoms with Gasteiger partial charge in [0.15, 0.2) is 5.78 Å². The van der Waals surface area contributed by atoms with Crippen LogP contribution in [0.1, 0.15) is 21.7 Å². The number of ketones is 2. The number of benzene rings is 1. The molecule has 0 spiro atoms. The SMILES string of the molecule is Cc1sc(-c2ccccc2)cc1C(=O)CC(=O)C(=O)O. The predicted octanol–water partition coefficient (Wildman–Crippen LogP) is 2.95. The smallest absolute Gasteiger partial charge is 0.372 e. The van der Waals surface area contributed by atoms with Crippen LogP contribution in [-0.2, 0) is 9.59 Å². The Balaban J connectivity index is 2.26. The summed E-state index contributed by atoms with van der Waals surface area (Å²) in [4.78, 5) is 35.2. The monoisotopic (exact) mass is 288 g/mol. The van der Waals surface area contributed by atoms with E-state index in [9.17, 15) is 14.4 Å². The number of Topliss-reactive ketones (excluding diaryl/α,β-unsaturated/α-hetero) is 2. The Hall–Kier alpha value is -2.27. The number of aryl methyl sites for hydroxylation is 1. The van der Waals surface area contributed by atoms with Crippen molar-refractivity contribution < 1.29 is 19.5 Å². The fourth-order valence-corrected chi connectivity index (χ4v) is 2.86. The Kier molecular flexibility index (Phi) is 4.10. The Morgan fingerprint density at radius 1 is 1.15 bits per heavy atom. The van der Waals surface area contributed by atoms with Gasteiger partial charge in [-0.25, -0.2) is 4.79 Å². The molecule has 0 atom stereocenters. The van der Waals surface area contributed by atoms with Gasteiger partial charge in [0.05, 0.1) is 6.42 Å². The first-order valence-corrected chi connectivity index (χ1v) is 6.76. The number of carbonyl (C=O) groups is 3. The quantitative estimate of drug-likeness (QED) is 0.521. The van der Waals surface area contributed by atoms with Crippen molar-refractivity contribution in [2.45, 2.75) is 13.3 Å². The molecule has 1 aromatic carbocycles. The summed E-state index contributed by atoms with van der Waals surface area (Å²) in [6.45, 7) is 1.79. The molecule has 0 aliphatic heterocycles. The minimum atomic E-state index is -1.57. The van der Waals surface area contributed by atoms with Gasteiger partial charge in [-0.05, 0) is 18.6 Å². The van der Waals surface area contributed by atoms with Crippen LogP contribution in [-0.4, -0.2) is 22.6 Å². The number of carboxylic acids is 1. The minimum Gasteiger partial charge on any atom is -0.475 e. The van der Waals surface area contributed by atoms with Crippen molar-refractivity contribution in [3.63, 3.8) is 0 Å². The standard InChI is InChI=1S/C15H12O4S/c1-9-11(12(16)8-13(17)15(18)19)7-14(20-9)10-5-3-2-4-6-10/h2-7H,8H2,1H3,(H,18,19). The van der Waals surface area contributed by atoms with Gasteiger partial charge in [0.2, 0.25) is 5.78 Å². The molecule has 0 saturated carbocycles. The molecule has 0 amide bonds. The van der Waals surface area contributed by atoms with Crippen LogP contribution < -0.4 is 0 Å². The number of carbonyl (C=O) groups excluding carboxylic acids is 2. The molecule has 0 fully saturated rings. The summed E-state index contributed by atoms with van der Waals surface area (Å²) < 4.78 is 0. The lowest BCUT2D eigenvalue weighted by molar-refractivity contribution is -0.148. The molecule has 0 unspecified atom stereocenters. The van der Waals surface area contributed by atoms with Gasteiger partial charge >= 0.3 is 5.97 Å². The van der Waals surface area contributed by atoms with E-state index in [1.807, 2.05) is 30.3 Å². The zero-order valence-corrected chi connectivity index (χ0v) is 11.6. The molecule has 1 heterocycles. The number of aliphatic carboxylic acids is 1. The topological polar surface area (TPSA) is 71.4 Å². The Morgan fingerprint density at radius 3 is 2.40 bits per heavy atom. The van der Waals surface area contributed by atoms with E-state index in [2.05, 4.69) is 0 Å². The highest BCUT2D eigenvalue weighted by atomic mass is 32.1. The van der Waals surface area contributed by atoms with Gasteiger partial charge < -0.3 is 5.11 Å². The molecule has 0 bridgehead atoms. The molecule has 102 valence electrons. The van der Waals surface area contributed by atoms with E-state index >= 15 is 0 Å². The lowest BCUT2D eigenvalue weighted by Gasteiger charge is -1.96. The van der Waals surface area contributed by atoms with Crippen LogP contribution in [0, 0.1) is 6.92 Å². The van der Waals surface area contributed by atoms with E-state index in [0.717, 1.165) is 15.3 Å². The predicted molar refractivity (Wildman–Crippen MR) is 76.1 cm³/mol. The Morgan fingerprint density at radius 2 is 1.80 bits per heavy atom. The Bertz CT molecular complexity index is 670. The van der Waals surface area contributed by atoms with Crippen LogP contribution >= 0.6 is 11.3 Å². The highest BCUT2D eigenvalue weighted by Gasteiger charge is 2.20. The minimum absolute atomic E-state index is 0.420. The lowest BCUT2D eigenvalue weighted by atomic mass is 10.1. The van der Waals surface area contributed by atoms with Crippen molar-refractivity contribution in [2.75, 3.05) is 0 Å². The molecule has 1 aromatic heterocycles. The van der Waals surface area contributed by atoms with Crippen LogP contribution in [0.3, 0.4) is 0 Å². The van der Waals surface area contributed by atoms with Gasteiger partial charge in [-0.15, -0.1) is 11.3 Å². The normalized spacial score (nSPS) is 10.2. The summed E-state index contributed by atoms with van der Waals surface area (Å²) in [5.74, 6) is -3.11. The van der Waals surface area contributed by atoms with E-state index in [1.165, 1.54) is 11.3 Å². The van der Waals surface area contributed by atoms with Crippen LogP contribution in [0.5, 0.6) is 0 Å². The third-order valence-corrected chi connectivity index (χ3v) is 3.94. The first-order chi connectivity index (χ1) is 9.49. The summed E-state index contributed by atoms with van der Waals surface area (Å²) in [6.07, 6.45) is -0.596. The third kappa shape index (κ3) is 3.00. The van der Waals surface area contributed by atoms with Crippen molar-refractivity contribution in [3.8, 4) is 10.4 Å².